The van der Waals surface area contributed by atoms with Crippen LogP contribution in [0.25, 0.3) is 0 Å². The van der Waals surface area contributed by atoms with Crippen molar-refractivity contribution in [2.75, 3.05) is 5.32 Å². The molecule has 17 heavy (non-hydrogen) atoms. The van der Waals surface area contributed by atoms with Gasteiger partial charge in [0.1, 0.15) is 5.82 Å². The summed E-state index contributed by atoms with van der Waals surface area (Å²) in [6.07, 6.45) is 8.60. The number of anilines is 1. The monoisotopic (exact) mass is 296 g/mol. The second-order valence-corrected chi connectivity index (χ2v) is 6.10. The van der Waals surface area contributed by atoms with Crippen molar-refractivity contribution >= 4 is 21.7 Å². The van der Waals surface area contributed by atoms with Crippen molar-refractivity contribution in [1.82, 2.24) is 4.98 Å². The van der Waals surface area contributed by atoms with Crippen molar-refractivity contribution in [2.24, 2.45) is 5.92 Å². The lowest BCUT2D eigenvalue weighted by molar-refractivity contribution is 0.455. The molecule has 1 fully saturated rings. The molecule has 1 aliphatic carbocycles. The summed E-state index contributed by atoms with van der Waals surface area (Å²) < 4.78 is 1.05. The van der Waals surface area contributed by atoms with Crippen molar-refractivity contribution in [1.29, 1.82) is 0 Å². The molecule has 94 valence electrons. The number of pyridine rings is 1. The van der Waals surface area contributed by atoms with E-state index in [2.05, 4.69) is 46.1 Å². The molecule has 0 aliphatic heterocycles. The molecule has 1 saturated carbocycles. The third kappa shape index (κ3) is 3.44. The van der Waals surface area contributed by atoms with Gasteiger partial charge in [0.05, 0.1) is 0 Å². The average molecular weight is 297 g/mol. The first-order chi connectivity index (χ1) is 8.16. The predicted molar refractivity (Wildman–Crippen MR) is 76.3 cm³/mol. The van der Waals surface area contributed by atoms with Crippen LogP contribution < -0.4 is 5.32 Å². The first-order valence-electron chi connectivity index (χ1n) is 6.55. The third-order valence-electron chi connectivity index (χ3n) is 3.73. The van der Waals surface area contributed by atoms with Gasteiger partial charge in [0.15, 0.2) is 0 Å². The highest BCUT2D eigenvalue weighted by atomic mass is 79.9. The third-order valence-corrected chi connectivity index (χ3v) is 4.16. The van der Waals surface area contributed by atoms with E-state index in [-0.39, 0.29) is 0 Å². The van der Waals surface area contributed by atoms with Crippen LogP contribution in [0, 0.1) is 12.8 Å². The molecule has 2 nitrogen and oxygen atoms in total. The quantitative estimate of drug-likeness (QED) is 0.811. The Kier molecular flexibility index (Phi) is 4.43. The van der Waals surface area contributed by atoms with Gasteiger partial charge in [-0.25, -0.2) is 4.98 Å². The molecular weight excluding hydrogens is 276 g/mol. The van der Waals surface area contributed by atoms with E-state index >= 15 is 0 Å². The fraction of sp³-hybridized carbons (Fsp3) is 0.643. The number of halogens is 1. The molecule has 1 N–H and O–H groups in total. The summed E-state index contributed by atoms with van der Waals surface area (Å²) in [5.41, 5.74) is 1.22. The van der Waals surface area contributed by atoms with E-state index in [9.17, 15) is 0 Å². The lowest BCUT2D eigenvalue weighted by Crippen LogP contribution is -2.27. The minimum absolute atomic E-state index is 0.588. The number of hydrogen-bond donors (Lipinski definition) is 1. The Morgan fingerprint density at radius 2 is 2.06 bits per heavy atom. The Morgan fingerprint density at radius 3 is 2.82 bits per heavy atom. The second kappa shape index (κ2) is 5.85. The van der Waals surface area contributed by atoms with Crippen LogP contribution in [0.5, 0.6) is 0 Å². The van der Waals surface area contributed by atoms with Crippen molar-refractivity contribution in [3.8, 4) is 0 Å². The van der Waals surface area contributed by atoms with Crippen LogP contribution in [-0.2, 0) is 0 Å². The molecule has 1 aromatic heterocycles. The lowest BCUT2D eigenvalue weighted by Gasteiger charge is -2.24. The standard InChI is InChI=1S/C14H21BrN2/c1-10-6-4-3-5-7-13(10)17-14-11(2)8-12(15)9-16-14/h8-10,13H,3-7H2,1-2H3,(H,16,17). The zero-order chi connectivity index (χ0) is 12.3. The highest BCUT2D eigenvalue weighted by Gasteiger charge is 2.20. The topological polar surface area (TPSA) is 24.9 Å². The van der Waals surface area contributed by atoms with Gasteiger partial charge in [-0.2, -0.15) is 0 Å². The summed E-state index contributed by atoms with van der Waals surface area (Å²) >= 11 is 3.46. The van der Waals surface area contributed by atoms with Crippen molar-refractivity contribution in [2.45, 2.75) is 52.0 Å². The number of hydrogen-bond acceptors (Lipinski definition) is 2. The van der Waals surface area contributed by atoms with Gasteiger partial charge in [-0.15, -0.1) is 0 Å². The Hall–Kier alpha value is -0.570. The molecule has 0 saturated heterocycles. The van der Waals surface area contributed by atoms with Crippen LogP contribution >= 0.6 is 15.9 Å². The van der Waals surface area contributed by atoms with E-state index in [1.807, 2.05) is 6.20 Å². The summed E-state index contributed by atoms with van der Waals surface area (Å²) in [6.45, 7) is 4.47. The average Bonchev–Trinajstić information content (AvgIpc) is 2.48. The maximum Gasteiger partial charge on any atom is 0.129 e. The summed E-state index contributed by atoms with van der Waals surface area (Å²) in [5, 5.41) is 3.63. The van der Waals surface area contributed by atoms with E-state index in [0.29, 0.717) is 6.04 Å². The zero-order valence-corrected chi connectivity index (χ0v) is 12.3. The highest BCUT2D eigenvalue weighted by Crippen LogP contribution is 2.26. The molecule has 0 amide bonds. The van der Waals surface area contributed by atoms with Gasteiger partial charge in [-0.3, -0.25) is 0 Å². The Morgan fingerprint density at radius 1 is 1.29 bits per heavy atom. The van der Waals surface area contributed by atoms with Gasteiger partial charge >= 0.3 is 0 Å². The van der Waals surface area contributed by atoms with Gasteiger partial charge in [-0.05, 0) is 53.2 Å². The minimum atomic E-state index is 0.588. The number of nitrogens with one attached hydrogen (secondary N) is 1. The molecule has 0 radical (unpaired) electrons. The molecule has 2 atom stereocenters. The van der Waals surface area contributed by atoms with Crippen molar-refractivity contribution in [3.05, 3.63) is 22.3 Å². The largest absolute Gasteiger partial charge is 0.367 e. The fourth-order valence-corrected chi connectivity index (χ4v) is 3.02. The van der Waals surface area contributed by atoms with Crippen LogP contribution in [0.15, 0.2) is 16.7 Å². The van der Waals surface area contributed by atoms with Crippen LogP contribution in [0.2, 0.25) is 0 Å². The van der Waals surface area contributed by atoms with Crippen molar-refractivity contribution < 1.29 is 0 Å². The predicted octanol–water partition coefficient (Wildman–Crippen LogP) is 4.53. The number of aryl methyl sites for hydroxylation is 1. The molecule has 3 heteroatoms. The Balaban J connectivity index is 2.08. The molecule has 1 aromatic rings. The molecule has 0 bridgehead atoms. The second-order valence-electron chi connectivity index (χ2n) is 5.19. The van der Waals surface area contributed by atoms with Gasteiger partial charge in [0.2, 0.25) is 0 Å². The van der Waals surface area contributed by atoms with Crippen LogP contribution in [-0.4, -0.2) is 11.0 Å². The maximum atomic E-state index is 4.48. The van der Waals surface area contributed by atoms with Crippen LogP contribution in [0.4, 0.5) is 5.82 Å². The first-order valence-corrected chi connectivity index (χ1v) is 7.35. The number of rotatable bonds is 2. The Labute approximate surface area is 112 Å². The molecule has 2 rings (SSSR count). The summed E-state index contributed by atoms with van der Waals surface area (Å²) in [4.78, 5) is 4.48. The molecule has 0 spiro atoms. The SMILES string of the molecule is Cc1cc(Br)cnc1NC1CCCCCC1C. The van der Waals surface area contributed by atoms with Crippen LogP contribution in [0.1, 0.15) is 44.6 Å². The summed E-state index contributed by atoms with van der Waals surface area (Å²) in [7, 11) is 0. The number of aromatic nitrogens is 1. The van der Waals surface area contributed by atoms with Crippen molar-refractivity contribution in [3.63, 3.8) is 0 Å². The maximum absolute atomic E-state index is 4.48. The molecule has 0 aromatic carbocycles. The smallest absolute Gasteiger partial charge is 0.129 e. The fourth-order valence-electron chi connectivity index (χ4n) is 2.57. The highest BCUT2D eigenvalue weighted by molar-refractivity contribution is 9.10. The lowest BCUT2D eigenvalue weighted by atomic mass is 9.97. The van der Waals surface area contributed by atoms with Gasteiger partial charge in [-0.1, -0.05) is 26.2 Å². The Bertz CT molecular complexity index is 378. The molecule has 1 heterocycles. The zero-order valence-electron chi connectivity index (χ0n) is 10.7. The number of nitrogens with zero attached hydrogens (tertiary/aromatic N) is 1. The van der Waals surface area contributed by atoms with E-state index in [1.165, 1.54) is 37.7 Å². The van der Waals surface area contributed by atoms with E-state index in [0.717, 1.165) is 16.2 Å². The van der Waals surface area contributed by atoms with Gasteiger partial charge in [0.25, 0.3) is 0 Å². The molecule has 1 aliphatic rings. The first kappa shape index (κ1) is 12.9. The van der Waals surface area contributed by atoms with Gasteiger partial charge < -0.3 is 5.32 Å². The molecular formula is C14H21BrN2. The van der Waals surface area contributed by atoms with E-state index in [1.54, 1.807) is 0 Å². The van der Waals surface area contributed by atoms with Gasteiger partial charge in [0, 0.05) is 16.7 Å². The van der Waals surface area contributed by atoms with Crippen LogP contribution in [0.3, 0.4) is 0 Å². The normalized spacial score (nSPS) is 25.4. The summed E-state index contributed by atoms with van der Waals surface area (Å²) in [5.74, 6) is 1.80. The van der Waals surface area contributed by atoms with E-state index < -0.39 is 0 Å². The van der Waals surface area contributed by atoms with E-state index in [4.69, 9.17) is 0 Å². The summed E-state index contributed by atoms with van der Waals surface area (Å²) in [6, 6.07) is 2.71. The molecule has 2 unspecified atom stereocenters. The minimum Gasteiger partial charge on any atom is -0.367 e.